The molecule has 0 heterocycles. The van der Waals surface area contributed by atoms with E-state index in [1.807, 2.05) is 30.3 Å². The van der Waals surface area contributed by atoms with E-state index in [2.05, 4.69) is 5.32 Å². The highest BCUT2D eigenvalue weighted by Gasteiger charge is 2.07. The van der Waals surface area contributed by atoms with Crippen LogP contribution in [0.2, 0.25) is 0 Å². The Hall–Kier alpha value is -2.89. The van der Waals surface area contributed by atoms with Gasteiger partial charge in [-0.15, -0.1) is 0 Å². The van der Waals surface area contributed by atoms with Crippen LogP contribution in [0.25, 0.3) is 0 Å². The van der Waals surface area contributed by atoms with Gasteiger partial charge in [0.1, 0.15) is 5.75 Å². The van der Waals surface area contributed by atoms with E-state index in [4.69, 9.17) is 4.74 Å². The number of carbonyl (C=O) groups is 1. The number of hydrogen-bond acceptors (Lipinski definition) is 4. The van der Waals surface area contributed by atoms with Crippen molar-refractivity contribution in [2.24, 2.45) is 0 Å². The lowest BCUT2D eigenvalue weighted by molar-refractivity contribution is -0.384. The standard InChI is InChI=1S/C15H14N2O4/c18-15(16-11-10-12-4-2-1-3-5-12)21-14-8-6-13(7-9-14)17(19)20/h1-9H,10-11H2,(H,16,18). The Balaban J connectivity index is 1.78. The molecule has 6 heteroatoms. The molecule has 0 atom stereocenters. The second kappa shape index (κ2) is 7.04. The molecular weight excluding hydrogens is 272 g/mol. The number of nitrogens with zero attached hydrogens (tertiary/aromatic N) is 1. The van der Waals surface area contributed by atoms with Gasteiger partial charge in [0, 0.05) is 18.7 Å². The predicted octanol–water partition coefficient (Wildman–Crippen LogP) is 2.93. The number of amides is 1. The smallest absolute Gasteiger partial charge is 0.410 e. The molecule has 2 aromatic carbocycles. The highest BCUT2D eigenvalue weighted by atomic mass is 16.6. The van der Waals surface area contributed by atoms with E-state index < -0.39 is 11.0 Å². The van der Waals surface area contributed by atoms with E-state index in [9.17, 15) is 14.9 Å². The maximum absolute atomic E-state index is 11.6. The van der Waals surface area contributed by atoms with Gasteiger partial charge in [0.05, 0.1) is 4.92 Å². The number of nitrogens with one attached hydrogen (secondary N) is 1. The molecule has 0 saturated carbocycles. The summed E-state index contributed by atoms with van der Waals surface area (Å²) < 4.78 is 5.01. The fourth-order valence-electron chi connectivity index (χ4n) is 1.73. The van der Waals surface area contributed by atoms with Crippen LogP contribution < -0.4 is 10.1 Å². The maximum atomic E-state index is 11.6. The average molecular weight is 286 g/mol. The molecule has 0 bridgehead atoms. The molecule has 0 spiro atoms. The van der Waals surface area contributed by atoms with E-state index in [-0.39, 0.29) is 11.4 Å². The summed E-state index contributed by atoms with van der Waals surface area (Å²) >= 11 is 0. The molecule has 0 aliphatic heterocycles. The Kier molecular flexibility index (Phi) is 4.87. The molecule has 2 aromatic rings. The summed E-state index contributed by atoms with van der Waals surface area (Å²) in [6, 6.07) is 15.1. The van der Waals surface area contributed by atoms with Gasteiger partial charge in [-0.25, -0.2) is 4.79 Å². The summed E-state index contributed by atoms with van der Waals surface area (Å²) in [5.74, 6) is 0.262. The quantitative estimate of drug-likeness (QED) is 0.676. The molecular formula is C15H14N2O4. The lowest BCUT2D eigenvalue weighted by Crippen LogP contribution is -2.28. The first-order valence-electron chi connectivity index (χ1n) is 6.39. The van der Waals surface area contributed by atoms with Crippen LogP contribution in [0.15, 0.2) is 54.6 Å². The van der Waals surface area contributed by atoms with Gasteiger partial charge in [-0.1, -0.05) is 30.3 Å². The van der Waals surface area contributed by atoms with Gasteiger partial charge in [0.15, 0.2) is 0 Å². The first-order valence-corrected chi connectivity index (χ1v) is 6.39. The van der Waals surface area contributed by atoms with Gasteiger partial charge in [0.25, 0.3) is 5.69 Å². The number of non-ortho nitro benzene ring substituents is 1. The zero-order valence-electron chi connectivity index (χ0n) is 11.2. The Morgan fingerprint density at radius 2 is 1.76 bits per heavy atom. The van der Waals surface area contributed by atoms with Crippen molar-refractivity contribution in [1.29, 1.82) is 0 Å². The number of nitro groups is 1. The van der Waals surface area contributed by atoms with Crippen LogP contribution in [0.3, 0.4) is 0 Å². The van der Waals surface area contributed by atoms with Crippen LogP contribution in [0.1, 0.15) is 5.56 Å². The Labute approximate surface area is 121 Å². The normalized spacial score (nSPS) is 9.90. The molecule has 0 aromatic heterocycles. The minimum Gasteiger partial charge on any atom is -0.410 e. The topological polar surface area (TPSA) is 81.5 Å². The van der Waals surface area contributed by atoms with E-state index in [1.165, 1.54) is 24.3 Å². The minimum absolute atomic E-state index is 0.0492. The molecule has 1 N–H and O–H groups in total. The molecule has 0 unspecified atom stereocenters. The number of hydrogen-bond donors (Lipinski definition) is 1. The molecule has 108 valence electrons. The second-order valence-electron chi connectivity index (χ2n) is 4.30. The first-order chi connectivity index (χ1) is 10.1. The molecule has 0 fully saturated rings. The van der Waals surface area contributed by atoms with Crippen LogP contribution >= 0.6 is 0 Å². The van der Waals surface area contributed by atoms with Crippen molar-refractivity contribution >= 4 is 11.8 Å². The first kappa shape index (κ1) is 14.5. The van der Waals surface area contributed by atoms with Crippen molar-refractivity contribution in [2.45, 2.75) is 6.42 Å². The minimum atomic E-state index is -0.584. The van der Waals surface area contributed by atoms with Gasteiger partial charge in [-0.2, -0.15) is 0 Å². The number of benzene rings is 2. The summed E-state index contributed by atoms with van der Waals surface area (Å²) in [5, 5.41) is 13.1. The van der Waals surface area contributed by atoms with Crippen molar-refractivity contribution < 1.29 is 14.5 Å². The third-order valence-corrected chi connectivity index (χ3v) is 2.78. The number of carbonyl (C=O) groups excluding carboxylic acids is 1. The zero-order valence-corrected chi connectivity index (χ0v) is 11.2. The second-order valence-corrected chi connectivity index (χ2v) is 4.30. The number of ether oxygens (including phenoxy) is 1. The van der Waals surface area contributed by atoms with Crippen LogP contribution in [0.5, 0.6) is 5.75 Å². The molecule has 2 rings (SSSR count). The Morgan fingerprint density at radius 1 is 1.10 bits per heavy atom. The van der Waals surface area contributed by atoms with Crippen LogP contribution in [-0.4, -0.2) is 17.6 Å². The summed E-state index contributed by atoms with van der Waals surface area (Å²) in [6.45, 7) is 0.454. The van der Waals surface area contributed by atoms with Crippen molar-refractivity contribution in [2.75, 3.05) is 6.54 Å². The SMILES string of the molecule is O=C(NCCc1ccccc1)Oc1ccc([N+](=O)[O-])cc1. The maximum Gasteiger partial charge on any atom is 0.412 e. The molecule has 0 aliphatic carbocycles. The van der Waals surface area contributed by atoms with Crippen LogP contribution in [0.4, 0.5) is 10.5 Å². The fourth-order valence-corrected chi connectivity index (χ4v) is 1.73. The monoisotopic (exact) mass is 286 g/mol. The summed E-state index contributed by atoms with van der Waals surface area (Å²) in [4.78, 5) is 21.5. The lowest BCUT2D eigenvalue weighted by atomic mass is 10.1. The van der Waals surface area contributed by atoms with Crippen LogP contribution in [-0.2, 0) is 6.42 Å². The molecule has 1 amide bonds. The van der Waals surface area contributed by atoms with Crippen molar-refractivity contribution in [1.82, 2.24) is 5.32 Å². The molecule has 0 aliphatic rings. The van der Waals surface area contributed by atoms with Gasteiger partial charge < -0.3 is 10.1 Å². The molecule has 0 radical (unpaired) electrons. The molecule has 0 saturated heterocycles. The van der Waals surface area contributed by atoms with Crippen LogP contribution in [0, 0.1) is 10.1 Å². The molecule has 21 heavy (non-hydrogen) atoms. The van der Waals surface area contributed by atoms with Gasteiger partial charge in [-0.05, 0) is 24.1 Å². The lowest BCUT2D eigenvalue weighted by Gasteiger charge is -2.06. The van der Waals surface area contributed by atoms with Crippen molar-refractivity contribution in [3.63, 3.8) is 0 Å². The largest absolute Gasteiger partial charge is 0.412 e. The predicted molar refractivity (Wildman–Crippen MR) is 77.3 cm³/mol. The van der Waals surface area contributed by atoms with Gasteiger partial charge in [0.2, 0.25) is 0 Å². The number of nitro benzene ring substituents is 1. The highest BCUT2D eigenvalue weighted by Crippen LogP contribution is 2.17. The third kappa shape index (κ3) is 4.61. The van der Waals surface area contributed by atoms with E-state index in [0.717, 1.165) is 5.56 Å². The van der Waals surface area contributed by atoms with E-state index in [0.29, 0.717) is 13.0 Å². The average Bonchev–Trinajstić information content (AvgIpc) is 2.49. The zero-order chi connectivity index (χ0) is 15.1. The van der Waals surface area contributed by atoms with Gasteiger partial charge in [-0.3, -0.25) is 10.1 Å². The van der Waals surface area contributed by atoms with E-state index >= 15 is 0 Å². The van der Waals surface area contributed by atoms with Crippen molar-refractivity contribution in [3.05, 3.63) is 70.3 Å². The highest BCUT2D eigenvalue weighted by molar-refractivity contribution is 5.70. The van der Waals surface area contributed by atoms with Gasteiger partial charge >= 0.3 is 6.09 Å². The molecule has 6 nitrogen and oxygen atoms in total. The summed E-state index contributed by atoms with van der Waals surface area (Å²) in [5.41, 5.74) is 1.07. The Morgan fingerprint density at radius 3 is 2.38 bits per heavy atom. The number of rotatable bonds is 5. The van der Waals surface area contributed by atoms with Crippen molar-refractivity contribution in [3.8, 4) is 5.75 Å². The third-order valence-electron chi connectivity index (χ3n) is 2.78. The summed E-state index contributed by atoms with van der Waals surface area (Å²) in [7, 11) is 0. The Bertz CT molecular complexity index is 611. The van der Waals surface area contributed by atoms with E-state index in [1.54, 1.807) is 0 Å². The summed E-state index contributed by atoms with van der Waals surface area (Å²) in [6.07, 6.45) is 0.121. The fraction of sp³-hybridized carbons (Fsp3) is 0.133.